The van der Waals surface area contributed by atoms with Gasteiger partial charge in [0.15, 0.2) is 0 Å². The van der Waals surface area contributed by atoms with Crippen LogP contribution in [0.1, 0.15) is 21.5 Å². The number of benzene rings is 3. The lowest BCUT2D eigenvalue weighted by Gasteiger charge is -2.14. The zero-order valence-corrected chi connectivity index (χ0v) is 17.2. The summed E-state index contributed by atoms with van der Waals surface area (Å²) in [6.07, 6.45) is 1.77. The number of halogens is 3. The number of fused-ring (bicyclic) bond motifs is 1. The highest BCUT2D eigenvalue weighted by molar-refractivity contribution is 9.10. The number of carboxylic acid groups (broad SMARTS) is 1. The Labute approximate surface area is 179 Å². The molecule has 0 aliphatic heterocycles. The van der Waals surface area contributed by atoms with E-state index >= 15 is 0 Å². The van der Waals surface area contributed by atoms with Crippen LogP contribution in [0.4, 0.5) is 8.78 Å². The molecular weight excluding hydrogens is 456 g/mol. The van der Waals surface area contributed by atoms with Crippen LogP contribution in [0.3, 0.4) is 0 Å². The summed E-state index contributed by atoms with van der Waals surface area (Å²) in [4.78, 5) is 11.4. The molecule has 0 aliphatic rings. The van der Waals surface area contributed by atoms with Gasteiger partial charge in [-0.05, 0) is 70.0 Å². The fraction of sp³-hybridized carbons (Fsp3) is 0.0870. The van der Waals surface area contributed by atoms with Gasteiger partial charge in [-0.2, -0.15) is 0 Å². The van der Waals surface area contributed by atoms with Crippen molar-refractivity contribution >= 4 is 32.8 Å². The molecule has 3 aromatic carbocycles. The lowest BCUT2D eigenvalue weighted by Crippen LogP contribution is -2.04. The second kappa shape index (κ2) is 8.28. The highest BCUT2D eigenvalue weighted by atomic mass is 79.9. The molecule has 0 amide bonds. The Hall–Kier alpha value is -3.19. The topological polar surface area (TPSA) is 51.5 Å². The number of carbonyl (C=O) groups is 1. The third-order valence-electron chi connectivity index (χ3n) is 4.79. The van der Waals surface area contributed by atoms with Crippen molar-refractivity contribution in [2.24, 2.45) is 0 Å². The predicted octanol–water partition coefficient (Wildman–Crippen LogP) is 6.01. The largest absolute Gasteiger partial charge is 0.489 e. The van der Waals surface area contributed by atoms with Crippen molar-refractivity contribution in [1.29, 1.82) is 0 Å². The van der Waals surface area contributed by atoms with Crippen LogP contribution in [0.15, 0.2) is 71.3 Å². The Morgan fingerprint density at radius 1 is 1.07 bits per heavy atom. The predicted molar refractivity (Wildman–Crippen MR) is 113 cm³/mol. The zero-order chi connectivity index (χ0) is 21.3. The van der Waals surface area contributed by atoms with Crippen LogP contribution < -0.4 is 4.74 Å². The molecule has 0 radical (unpaired) electrons. The molecule has 0 fully saturated rings. The highest BCUT2D eigenvalue weighted by Gasteiger charge is 2.13. The van der Waals surface area contributed by atoms with E-state index in [1.807, 2.05) is 10.6 Å². The van der Waals surface area contributed by atoms with Crippen molar-refractivity contribution in [2.45, 2.75) is 13.2 Å². The first kappa shape index (κ1) is 20.1. The van der Waals surface area contributed by atoms with E-state index in [1.54, 1.807) is 42.6 Å². The average molecular weight is 472 g/mol. The number of nitrogens with zero attached hydrogens (tertiary/aromatic N) is 1. The molecule has 0 unspecified atom stereocenters. The first-order chi connectivity index (χ1) is 14.4. The molecule has 30 heavy (non-hydrogen) atoms. The Kier molecular flexibility index (Phi) is 5.55. The Morgan fingerprint density at radius 3 is 2.67 bits per heavy atom. The van der Waals surface area contributed by atoms with Crippen molar-refractivity contribution in [1.82, 2.24) is 4.57 Å². The Bertz CT molecular complexity index is 1250. The molecule has 0 saturated carbocycles. The van der Waals surface area contributed by atoms with Crippen molar-refractivity contribution < 1.29 is 23.4 Å². The molecule has 1 N–H and O–H groups in total. The molecular formula is C23H16BrF2NO3. The molecule has 0 aliphatic carbocycles. The maximum absolute atomic E-state index is 13.9. The van der Waals surface area contributed by atoms with Crippen molar-refractivity contribution in [3.05, 3.63) is 99.7 Å². The lowest BCUT2D eigenvalue weighted by molar-refractivity contribution is 0.0699. The van der Waals surface area contributed by atoms with E-state index in [1.165, 1.54) is 18.2 Å². The van der Waals surface area contributed by atoms with Gasteiger partial charge >= 0.3 is 5.97 Å². The zero-order valence-electron chi connectivity index (χ0n) is 15.6. The summed E-state index contributed by atoms with van der Waals surface area (Å²) in [7, 11) is 0. The van der Waals surface area contributed by atoms with Gasteiger partial charge in [0.25, 0.3) is 0 Å². The molecule has 0 spiro atoms. The number of hydrogen-bond acceptors (Lipinski definition) is 2. The molecule has 4 rings (SSSR count). The summed E-state index contributed by atoms with van der Waals surface area (Å²) in [6, 6.07) is 15.6. The summed E-state index contributed by atoms with van der Waals surface area (Å²) in [5.41, 5.74) is 2.31. The SMILES string of the molecule is O=C(O)c1cccc2c1ccn2Cc1cc(F)ccc1OCc1ccc(F)c(Br)c1. The van der Waals surface area contributed by atoms with Crippen LogP contribution in [0, 0.1) is 11.6 Å². The fourth-order valence-electron chi connectivity index (χ4n) is 3.33. The maximum atomic E-state index is 13.9. The maximum Gasteiger partial charge on any atom is 0.336 e. The first-order valence-corrected chi connectivity index (χ1v) is 9.88. The summed E-state index contributed by atoms with van der Waals surface area (Å²) >= 11 is 3.15. The van der Waals surface area contributed by atoms with E-state index in [0.29, 0.717) is 27.7 Å². The number of rotatable bonds is 6. The lowest BCUT2D eigenvalue weighted by atomic mass is 10.1. The fourth-order valence-corrected chi connectivity index (χ4v) is 3.76. The normalized spacial score (nSPS) is 11.0. The summed E-state index contributed by atoms with van der Waals surface area (Å²) in [5, 5.41) is 9.98. The van der Waals surface area contributed by atoms with E-state index in [9.17, 15) is 18.7 Å². The van der Waals surface area contributed by atoms with E-state index in [2.05, 4.69) is 15.9 Å². The molecule has 0 saturated heterocycles. The minimum Gasteiger partial charge on any atom is -0.489 e. The molecule has 1 aromatic heterocycles. The molecule has 0 bridgehead atoms. The second-order valence-electron chi connectivity index (χ2n) is 6.78. The van der Waals surface area contributed by atoms with Gasteiger partial charge in [0.2, 0.25) is 0 Å². The van der Waals surface area contributed by atoms with Crippen LogP contribution in [0.5, 0.6) is 5.75 Å². The molecule has 0 atom stereocenters. The Morgan fingerprint density at radius 2 is 1.90 bits per heavy atom. The Balaban J connectivity index is 1.62. The summed E-state index contributed by atoms with van der Waals surface area (Å²) in [6.45, 7) is 0.486. The number of aromatic carboxylic acids is 1. The molecule has 1 heterocycles. The van der Waals surface area contributed by atoms with E-state index in [0.717, 1.165) is 11.1 Å². The van der Waals surface area contributed by atoms with Gasteiger partial charge in [-0.25, -0.2) is 13.6 Å². The van der Waals surface area contributed by atoms with Gasteiger partial charge in [-0.1, -0.05) is 12.1 Å². The van der Waals surface area contributed by atoms with Gasteiger partial charge in [0, 0.05) is 22.7 Å². The number of carboxylic acids is 1. The van der Waals surface area contributed by atoms with Crippen molar-refractivity contribution in [3.8, 4) is 5.75 Å². The van der Waals surface area contributed by atoms with Crippen LogP contribution >= 0.6 is 15.9 Å². The average Bonchev–Trinajstić information content (AvgIpc) is 3.13. The molecule has 152 valence electrons. The summed E-state index contributed by atoms with van der Waals surface area (Å²) in [5.74, 6) is -1.27. The standard InChI is InChI=1S/C23H16BrF2NO3/c24-19-10-14(4-6-20(19)26)13-30-22-7-5-16(25)11-15(22)12-27-9-8-17-18(23(28)29)2-1-3-21(17)27/h1-11H,12-13H2,(H,28,29). The van der Waals surface area contributed by atoms with E-state index in [4.69, 9.17) is 4.74 Å². The van der Waals surface area contributed by atoms with Gasteiger partial charge in [0.05, 0.1) is 16.6 Å². The van der Waals surface area contributed by atoms with E-state index < -0.39 is 11.8 Å². The third-order valence-corrected chi connectivity index (χ3v) is 5.39. The minimum atomic E-state index is -1.00. The summed E-state index contributed by atoms with van der Waals surface area (Å²) < 4.78 is 35.4. The van der Waals surface area contributed by atoms with Crippen LogP contribution in [-0.4, -0.2) is 15.6 Å². The van der Waals surface area contributed by atoms with Crippen LogP contribution in [0.25, 0.3) is 10.9 Å². The second-order valence-corrected chi connectivity index (χ2v) is 7.63. The van der Waals surface area contributed by atoms with E-state index in [-0.39, 0.29) is 18.0 Å². The quantitative estimate of drug-likeness (QED) is 0.374. The minimum absolute atomic E-state index is 0.188. The van der Waals surface area contributed by atoms with Gasteiger partial charge < -0.3 is 14.4 Å². The first-order valence-electron chi connectivity index (χ1n) is 9.08. The smallest absolute Gasteiger partial charge is 0.336 e. The third kappa shape index (κ3) is 4.07. The number of hydrogen-bond donors (Lipinski definition) is 1. The van der Waals surface area contributed by atoms with Gasteiger partial charge in [0.1, 0.15) is 24.0 Å². The molecule has 4 aromatic rings. The van der Waals surface area contributed by atoms with Crippen LogP contribution in [-0.2, 0) is 13.2 Å². The van der Waals surface area contributed by atoms with Gasteiger partial charge in [-0.3, -0.25) is 0 Å². The monoisotopic (exact) mass is 471 g/mol. The van der Waals surface area contributed by atoms with Gasteiger partial charge in [-0.15, -0.1) is 0 Å². The number of aromatic nitrogens is 1. The van der Waals surface area contributed by atoms with Crippen molar-refractivity contribution in [3.63, 3.8) is 0 Å². The molecule has 7 heteroatoms. The molecule has 4 nitrogen and oxygen atoms in total. The van der Waals surface area contributed by atoms with Crippen molar-refractivity contribution in [2.75, 3.05) is 0 Å². The van der Waals surface area contributed by atoms with Crippen LogP contribution in [0.2, 0.25) is 0 Å². The number of ether oxygens (including phenoxy) is 1. The highest BCUT2D eigenvalue weighted by Crippen LogP contribution is 2.26.